The maximum absolute atomic E-state index is 13.2. The molecule has 1 aromatic carbocycles. The molecule has 0 aliphatic carbocycles. The smallest absolute Gasteiger partial charge is 0.298 e. The van der Waals surface area contributed by atoms with Crippen molar-refractivity contribution < 1.29 is 19.1 Å². The normalized spacial score (nSPS) is 22.4. The summed E-state index contributed by atoms with van der Waals surface area (Å²) in [4.78, 5) is 21.9. The van der Waals surface area contributed by atoms with Crippen molar-refractivity contribution in [1.29, 1.82) is 0 Å². The average molecular weight is 470 g/mol. The summed E-state index contributed by atoms with van der Waals surface area (Å²) in [5, 5.41) is 12.6. The summed E-state index contributed by atoms with van der Waals surface area (Å²) in [5.74, 6) is 0.892. The van der Waals surface area contributed by atoms with Crippen molar-refractivity contribution in [3.8, 4) is 5.75 Å². The van der Waals surface area contributed by atoms with Crippen molar-refractivity contribution in [1.82, 2.24) is 4.98 Å². The van der Waals surface area contributed by atoms with E-state index in [1.54, 1.807) is 0 Å². The monoisotopic (exact) mass is 469 g/mol. The van der Waals surface area contributed by atoms with Crippen LogP contribution in [0.25, 0.3) is 0 Å². The lowest BCUT2D eigenvalue weighted by Crippen LogP contribution is -2.43. The number of amides is 1. The van der Waals surface area contributed by atoms with Gasteiger partial charge in [-0.1, -0.05) is 0 Å². The number of aromatic nitrogens is 1. The number of fused-ring (bicyclic) bond motifs is 1. The van der Waals surface area contributed by atoms with Crippen LogP contribution in [0.4, 0.5) is 17.4 Å². The van der Waals surface area contributed by atoms with E-state index in [0.717, 1.165) is 74.4 Å². The average Bonchev–Trinajstić information content (AvgIpc) is 3.42. The molecular weight excluding hydrogens is 434 g/mol. The molecule has 4 heterocycles. The zero-order valence-electron chi connectivity index (χ0n) is 20.0. The van der Waals surface area contributed by atoms with Crippen LogP contribution in [0, 0.1) is 5.92 Å². The fraction of sp³-hybridized carbons (Fsp3) is 0.600. The first-order chi connectivity index (χ1) is 16.3. The van der Waals surface area contributed by atoms with E-state index in [0.29, 0.717) is 18.5 Å². The first-order valence-corrected chi connectivity index (χ1v) is 12.3. The second kappa shape index (κ2) is 9.11. The number of aliphatic hydroxyl groups excluding tert-OH is 1. The third kappa shape index (κ3) is 4.72. The molecule has 34 heavy (non-hydrogen) atoms. The van der Waals surface area contributed by atoms with Crippen LogP contribution < -0.4 is 25.6 Å². The number of anilines is 3. The largest absolute Gasteiger partial charge is 0.487 e. The van der Waals surface area contributed by atoms with Crippen molar-refractivity contribution in [2.45, 2.75) is 57.6 Å². The molecule has 2 aromatic rings. The maximum Gasteiger partial charge on any atom is 0.298 e. The Morgan fingerprint density at radius 2 is 2.03 bits per heavy atom. The highest BCUT2D eigenvalue weighted by molar-refractivity contribution is 6.05. The van der Waals surface area contributed by atoms with Crippen LogP contribution in [0.2, 0.25) is 0 Å². The second-order valence-corrected chi connectivity index (χ2v) is 10.4. The molecule has 0 unspecified atom stereocenters. The third-order valence-electron chi connectivity index (χ3n) is 7.10. The fourth-order valence-electron chi connectivity index (χ4n) is 5.24. The number of nitrogens with zero attached hydrogens (tertiary/aromatic N) is 3. The van der Waals surface area contributed by atoms with Crippen molar-refractivity contribution in [3.05, 3.63) is 29.7 Å². The minimum Gasteiger partial charge on any atom is -0.487 e. The Kier molecular flexibility index (Phi) is 6.16. The summed E-state index contributed by atoms with van der Waals surface area (Å²) in [6.07, 6.45) is 5.99. The fourth-order valence-corrected chi connectivity index (χ4v) is 5.24. The Hall–Kier alpha value is -2.78. The number of oxazole rings is 1. The number of carbonyl (C=O) groups excluding carboxylic acids is 1. The summed E-state index contributed by atoms with van der Waals surface area (Å²) in [7, 11) is 0. The SMILES string of the molecule is CC1(C)Cc2cc(NC(=O)c3coc(N4CCC[C@@H](N)C4)n3)c(N3CCC(CO)CC3)cc2O1. The van der Waals surface area contributed by atoms with Crippen molar-refractivity contribution in [2.75, 3.05) is 47.9 Å². The molecular formula is C25H35N5O4. The van der Waals surface area contributed by atoms with Gasteiger partial charge in [0, 0.05) is 56.9 Å². The molecule has 2 fully saturated rings. The number of aliphatic hydroxyl groups is 1. The Bertz CT molecular complexity index is 1040. The predicted octanol–water partition coefficient (Wildman–Crippen LogP) is 2.78. The zero-order chi connectivity index (χ0) is 23.9. The minimum atomic E-state index is -0.305. The van der Waals surface area contributed by atoms with E-state index in [2.05, 4.69) is 29.0 Å². The summed E-state index contributed by atoms with van der Waals surface area (Å²) in [6.45, 7) is 7.50. The number of rotatable bonds is 5. The molecule has 0 spiro atoms. The van der Waals surface area contributed by atoms with Crippen molar-refractivity contribution >= 4 is 23.3 Å². The number of ether oxygens (including phenoxy) is 1. The molecule has 5 rings (SSSR count). The van der Waals surface area contributed by atoms with Gasteiger partial charge in [-0.25, -0.2) is 0 Å². The second-order valence-electron chi connectivity index (χ2n) is 10.4. The van der Waals surface area contributed by atoms with Gasteiger partial charge in [-0.2, -0.15) is 4.98 Å². The summed E-state index contributed by atoms with van der Waals surface area (Å²) < 4.78 is 11.8. The number of nitrogens with one attached hydrogen (secondary N) is 1. The highest BCUT2D eigenvalue weighted by Gasteiger charge is 2.33. The highest BCUT2D eigenvalue weighted by Crippen LogP contribution is 2.42. The van der Waals surface area contributed by atoms with E-state index >= 15 is 0 Å². The van der Waals surface area contributed by atoms with Gasteiger partial charge in [0.15, 0.2) is 5.69 Å². The molecule has 184 valence electrons. The van der Waals surface area contributed by atoms with E-state index in [4.69, 9.17) is 14.9 Å². The molecule has 0 saturated carbocycles. The molecule has 1 amide bonds. The number of benzene rings is 1. The van der Waals surface area contributed by atoms with E-state index in [9.17, 15) is 9.90 Å². The Labute approximate surface area is 200 Å². The standard InChI is InChI=1S/C25H35N5O4/c1-25(2)12-17-10-19(21(11-22(17)34-25)29-8-5-16(14-31)6-9-29)27-23(32)20-15-33-24(28-20)30-7-3-4-18(26)13-30/h10-11,15-16,18,31H,3-9,12-14,26H2,1-2H3,(H,27,32)/t18-/m1/s1. The molecule has 9 nitrogen and oxygen atoms in total. The van der Waals surface area contributed by atoms with Crippen LogP contribution >= 0.6 is 0 Å². The highest BCUT2D eigenvalue weighted by atomic mass is 16.5. The molecule has 2 saturated heterocycles. The number of carbonyl (C=O) groups is 1. The first-order valence-electron chi connectivity index (χ1n) is 12.3. The van der Waals surface area contributed by atoms with Crippen molar-refractivity contribution in [2.24, 2.45) is 11.7 Å². The van der Waals surface area contributed by atoms with Crippen LogP contribution in [0.5, 0.6) is 5.75 Å². The lowest BCUT2D eigenvalue weighted by molar-refractivity contribution is 0.102. The van der Waals surface area contributed by atoms with E-state index in [1.165, 1.54) is 6.26 Å². The molecule has 4 N–H and O–H groups in total. The van der Waals surface area contributed by atoms with Crippen LogP contribution in [0.1, 0.15) is 55.6 Å². The molecule has 3 aliphatic rings. The van der Waals surface area contributed by atoms with E-state index in [1.807, 2.05) is 17.0 Å². The number of hydrogen-bond acceptors (Lipinski definition) is 8. The predicted molar refractivity (Wildman–Crippen MR) is 131 cm³/mol. The van der Waals surface area contributed by atoms with Gasteiger partial charge in [-0.3, -0.25) is 4.79 Å². The minimum absolute atomic E-state index is 0.0911. The summed E-state index contributed by atoms with van der Waals surface area (Å²) >= 11 is 0. The van der Waals surface area contributed by atoms with E-state index < -0.39 is 0 Å². The van der Waals surface area contributed by atoms with Gasteiger partial charge in [-0.15, -0.1) is 0 Å². The van der Waals surface area contributed by atoms with Gasteiger partial charge < -0.3 is 35.1 Å². The Balaban J connectivity index is 1.38. The molecule has 3 aliphatic heterocycles. The molecule has 1 atom stereocenters. The number of hydrogen-bond donors (Lipinski definition) is 3. The van der Waals surface area contributed by atoms with Gasteiger partial charge in [0.05, 0.1) is 11.4 Å². The quantitative estimate of drug-likeness (QED) is 0.612. The van der Waals surface area contributed by atoms with Crippen LogP contribution in [0.3, 0.4) is 0 Å². The van der Waals surface area contributed by atoms with Gasteiger partial charge >= 0.3 is 0 Å². The Morgan fingerprint density at radius 1 is 1.24 bits per heavy atom. The lowest BCUT2D eigenvalue weighted by Gasteiger charge is -2.34. The lowest BCUT2D eigenvalue weighted by atomic mass is 9.96. The number of nitrogens with two attached hydrogens (primary N) is 1. The van der Waals surface area contributed by atoms with Crippen LogP contribution in [0.15, 0.2) is 22.8 Å². The molecule has 9 heteroatoms. The van der Waals surface area contributed by atoms with Gasteiger partial charge in [0.25, 0.3) is 11.9 Å². The summed E-state index contributed by atoms with van der Waals surface area (Å²) in [6, 6.07) is 4.60. The third-order valence-corrected chi connectivity index (χ3v) is 7.10. The Morgan fingerprint density at radius 3 is 2.76 bits per heavy atom. The molecule has 0 radical (unpaired) electrons. The van der Waals surface area contributed by atoms with E-state index in [-0.39, 0.29) is 29.9 Å². The first kappa shape index (κ1) is 23.0. The van der Waals surface area contributed by atoms with Crippen LogP contribution in [-0.2, 0) is 6.42 Å². The van der Waals surface area contributed by atoms with Gasteiger partial charge in [0.1, 0.15) is 17.6 Å². The van der Waals surface area contributed by atoms with Crippen LogP contribution in [-0.4, -0.2) is 60.4 Å². The zero-order valence-corrected chi connectivity index (χ0v) is 20.0. The van der Waals surface area contributed by atoms with Gasteiger partial charge in [0.2, 0.25) is 0 Å². The molecule has 1 aromatic heterocycles. The van der Waals surface area contributed by atoms with Gasteiger partial charge in [-0.05, 0) is 51.5 Å². The van der Waals surface area contributed by atoms with Crippen molar-refractivity contribution in [3.63, 3.8) is 0 Å². The topological polar surface area (TPSA) is 117 Å². The maximum atomic E-state index is 13.2. The number of piperidine rings is 2. The molecule has 0 bridgehead atoms. The summed E-state index contributed by atoms with van der Waals surface area (Å²) in [5.41, 5.74) is 8.82.